The highest BCUT2D eigenvalue weighted by Gasteiger charge is 1.83. The molecule has 3 heteroatoms. The number of nitrogens with zero attached hydrogens (tertiary/aromatic N) is 2. The standard InChI is InChI=1S/C8H9N3/c1-7(9)10-11-8-5-3-2-4-6-8/h2-6,9H,1H3. The summed E-state index contributed by atoms with van der Waals surface area (Å²) in [5, 5.41) is 14.4. The number of hydrogen-bond acceptors (Lipinski definition) is 2. The van der Waals surface area contributed by atoms with E-state index in [1.54, 1.807) is 6.92 Å². The molecule has 0 spiro atoms. The van der Waals surface area contributed by atoms with Gasteiger partial charge < -0.3 is 0 Å². The largest absolute Gasteiger partial charge is 0.285 e. The van der Waals surface area contributed by atoms with Crippen molar-refractivity contribution >= 4 is 11.5 Å². The van der Waals surface area contributed by atoms with Crippen LogP contribution in [0.2, 0.25) is 0 Å². The van der Waals surface area contributed by atoms with Gasteiger partial charge in [0.2, 0.25) is 0 Å². The van der Waals surface area contributed by atoms with E-state index in [0.717, 1.165) is 5.69 Å². The fourth-order valence-corrected chi connectivity index (χ4v) is 0.627. The van der Waals surface area contributed by atoms with Gasteiger partial charge in [0.15, 0.2) is 0 Å². The molecule has 0 aliphatic carbocycles. The minimum Gasteiger partial charge on any atom is -0.285 e. The number of nitrogens with one attached hydrogen (secondary N) is 1. The predicted molar refractivity (Wildman–Crippen MR) is 44.4 cm³/mol. The first-order valence-electron chi connectivity index (χ1n) is 3.31. The lowest BCUT2D eigenvalue weighted by Gasteiger charge is -1.87. The zero-order valence-electron chi connectivity index (χ0n) is 6.28. The van der Waals surface area contributed by atoms with Gasteiger partial charge in [-0.05, 0) is 19.1 Å². The van der Waals surface area contributed by atoms with E-state index in [1.807, 2.05) is 30.3 Å². The van der Waals surface area contributed by atoms with Crippen LogP contribution < -0.4 is 0 Å². The number of azo groups is 1. The highest BCUT2D eigenvalue weighted by molar-refractivity contribution is 5.76. The molecule has 0 aliphatic heterocycles. The van der Waals surface area contributed by atoms with E-state index in [9.17, 15) is 0 Å². The summed E-state index contributed by atoms with van der Waals surface area (Å²) < 4.78 is 0. The minimum absolute atomic E-state index is 0.217. The summed E-state index contributed by atoms with van der Waals surface area (Å²) in [7, 11) is 0. The molecule has 0 atom stereocenters. The molecule has 1 N–H and O–H groups in total. The molecule has 0 radical (unpaired) electrons. The lowest BCUT2D eigenvalue weighted by atomic mass is 10.3. The summed E-state index contributed by atoms with van der Waals surface area (Å²) >= 11 is 0. The van der Waals surface area contributed by atoms with Crippen LogP contribution in [0.1, 0.15) is 6.92 Å². The monoisotopic (exact) mass is 147 g/mol. The molecule has 0 saturated carbocycles. The summed E-state index contributed by atoms with van der Waals surface area (Å²) in [4.78, 5) is 0. The van der Waals surface area contributed by atoms with E-state index >= 15 is 0 Å². The van der Waals surface area contributed by atoms with Crippen LogP contribution in [0, 0.1) is 5.41 Å². The third-order valence-corrected chi connectivity index (χ3v) is 1.07. The number of benzene rings is 1. The fraction of sp³-hybridized carbons (Fsp3) is 0.125. The molecule has 0 bridgehead atoms. The van der Waals surface area contributed by atoms with Gasteiger partial charge >= 0.3 is 0 Å². The maximum Gasteiger partial charge on any atom is 0.140 e. The first-order valence-corrected chi connectivity index (χ1v) is 3.31. The number of rotatable bonds is 1. The smallest absolute Gasteiger partial charge is 0.140 e. The summed E-state index contributed by atoms with van der Waals surface area (Å²) in [6, 6.07) is 9.36. The Morgan fingerprint density at radius 2 is 1.91 bits per heavy atom. The van der Waals surface area contributed by atoms with Gasteiger partial charge in [0, 0.05) is 0 Å². The van der Waals surface area contributed by atoms with Crippen LogP contribution in [-0.2, 0) is 0 Å². The molecule has 0 aliphatic rings. The first-order chi connectivity index (χ1) is 5.29. The number of hydrogen-bond donors (Lipinski definition) is 1. The molecule has 11 heavy (non-hydrogen) atoms. The third kappa shape index (κ3) is 2.71. The van der Waals surface area contributed by atoms with Crippen LogP contribution >= 0.6 is 0 Å². The predicted octanol–water partition coefficient (Wildman–Crippen LogP) is 2.77. The van der Waals surface area contributed by atoms with Crippen molar-refractivity contribution in [3.05, 3.63) is 30.3 Å². The SMILES string of the molecule is CC(=N)N=Nc1ccccc1. The molecule has 1 rings (SSSR count). The molecule has 0 saturated heterocycles. The van der Waals surface area contributed by atoms with Crippen molar-refractivity contribution < 1.29 is 0 Å². The maximum absolute atomic E-state index is 6.98. The Hall–Kier alpha value is -1.51. The molecule has 0 fully saturated rings. The normalized spacial score (nSPS) is 10.3. The van der Waals surface area contributed by atoms with E-state index in [1.165, 1.54) is 0 Å². The molecule has 1 aromatic rings. The molecular weight excluding hydrogens is 138 g/mol. The van der Waals surface area contributed by atoms with Crippen LogP contribution in [0.25, 0.3) is 0 Å². The van der Waals surface area contributed by atoms with Crippen molar-refractivity contribution in [1.82, 2.24) is 0 Å². The van der Waals surface area contributed by atoms with Crippen LogP contribution in [0.15, 0.2) is 40.6 Å². The average Bonchev–Trinajstić information content (AvgIpc) is 2.03. The Balaban J connectivity index is 2.72. The van der Waals surface area contributed by atoms with Crippen molar-refractivity contribution in [2.75, 3.05) is 0 Å². The van der Waals surface area contributed by atoms with Crippen LogP contribution in [0.3, 0.4) is 0 Å². The second kappa shape index (κ2) is 3.61. The van der Waals surface area contributed by atoms with Crippen molar-refractivity contribution in [3.8, 4) is 0 Å². The molecule has 0 heterocycles. The molecule has 0 aromatic heterocycles. The van der Waals surface area contributed by atoms with Crippen LogP contribution in [0.5, 0.6) is 0 Å². The van der Waals surface area contributed by atoms with Crippen molar-refractivity contribution in [2.24, 2.45) is 10.2 Å². The van der Waals surface area contributed by atoms with Gasteiger partial charge in [-0.2, -0.15) is 0 Å². The van der Waals surface area contributed by atoms with Gasteiger partial charge in [0.1, 0.15) is 5.84 Å². The van der Waals surface area contributed by atoms with Gasteiger partial charge in [0.05, 0.1) is 5.69 Å². The quantitative estimate of drug-likeness (QED) is 0.360. The summed E-state index contributed by atoms with van der Waals surface area (Å²) in [5.41, 5.74) is 0.777. The Kier molecular flexibility index (Phi) is 2.49. The van der Waals surface area contributed by atoms with Gasteiger partial charge in [-0.15, -0.1) is 10.2 Å². The molecule has 1 aromatic carbocycles. The summed E-state index contributed by atoms with van der Waals surface area (Å²) in [5.74, 6) is 0.217. The molecule has 56 valence electrons. The van der Waals surface area contributed by atoms with Crippen LogP contribution in [-0.4, -0.2) is 5.84 Å². The lowest BCUT2D eigenvalue weighted by Crippen LogP contribution is -1.75. The molecule has 0 amide bonds. The number of amidine groups is 1. The summed E-state index contributed by atoms with van der Waals surface area (Å²) in [6.07, 6.45) is 0. The van der Waals surface area contributed by atoms with Gasteiger partial charge in [-0.25, -0.2) is 0 Å². The van der Waals surface area contributed by atoms with Crippen molar-refractivity contribution in [1.29, 1.82) is 5.41 Å². The Bertz CT molecular complexity index is 264. The highest BCUT2D eigenvalue weighted by Crippen LogP contribution is 2.09. The minimum atomic E-state index is 0.217. The highest BCUT2D eigenvalue weighted by atomic mass is 15.1. The van der Waals surface area contributed by atoms with E-state index in [-0.39, 0.29) is 5.84 Å². The van der Waals surface area contributed by atoms with Crippen molar-refractivity contribution in [2.45, 2.75) is 6.92 Å². The zero-order chi connectivity index (χ0) is 8.10. The Morgan fingerprint density at radius 3 is 2.45 bits per heavy atom. The average molecular weight is 147 g/mol. The summed E-state index contributed by atoms with van der Waals surface area (Å²) in [6.45, 7) is 1.59. The van der Waals surface area contributed by atoms with E-state index < -0.39 is 0 Å². The van der Waals surface area contributed by atoms with E-state index in [4.69, 9.17) is 5.41 Å². The Labute approximate surface area is 65.3 Å². The van der Waals surface area contributed by atoms with Crippen molar-refractivity contribution in [3.63, 3.8) is 0 Å². The van der Waals surface area contributed by atoms with Gasteiger partial charge in [0.25, 0.3) is 0 Å². The lowest BCUT2D eigenvalue weighted by molar-refractivity contribution is 1.23. The molecule has 3 nitrogen and oxygen atoms in total. The second-order valence-corrected chi connectivity index (χ2v) is 2.12. The third-order valence-electron chi connectivity index (χ3n) is 1.07. The van der Waals surface area contributed by atoms with E-state index in [0.29, 0.717) is 0 Å². The second-order valence-electron chi connectivity index (χ2n) is 2.12. The molecular formula is C8H9N3. The Morgan fingerprint density at radius 1 is 1.27 bits per heavy atom. The fourth-order valence-electron chi connectivity index (χ4n) is 0.627. The maximum atomic E-state index is 6.98. The first kappa shape index (κ1) is 7.60. The zero-order valence-corrected chi connectivity index (χ0v) is 6.28. The van der Waals surface area contributed by atoms with Crippen LogP contribution in [0.4, 0.5) is 5.69 Å². The van der Waals surface area contributed by atoms with Gasteiger partial charge in [-0.3, -0.25) is 5.41 Å². The molecule has 0 unspecified atom stereocenters. The van der Waals surface area contributed by atoms with E-state index in [2.05, 4.69) is 10.2 Å². The topological polar surface area (TPSA) is 48.6 Å². The van der Waals surface area contributed by atoms with Gasteiger partial charge in [-0.1, -0.05) is 18.2 Å².